The van der Waals surface area contributed by atoms with E-state index < -0.39 is 5.60 Å². The van der Waals surface area contributed by atoms with Gasteiger partial charge < -0.3 is 15.6 Å². The third kappa shape index (κ3) is 4.64. The van der Waals surface area contributed by atoms with Crippen molar-refractivity contribution in [1.82, 2.24) is 0 Å². The van der Waals surface area contributed by atoms with Crippen molar-refractivity contribution in [3.05, 3.63) is 24.3 Å². The molecule has 5 heteroatoms. The number of hydrogen-bond acceptors (Lipinski definition) is 5. The van der Waals surface area contributed by atoms with Crippen LogP contribution in [0.4, 0.5) is 5.69 Å². The molecule has 1 saturated carbocycles. The SMILES string of the molecule is CCOC(=O)C1CCC(O)(CSc2cccc(N)c2)CC1. The van der Waals surface area contributed by atoms with E-state index in [-0.39, 0.29) is 11.9 Å². The Morgan fingerprint density at radius 3 is 2.81 bits per heavy atom. The zero-order valence-corrected chi connectivity index (χ0v) is 13.2. The smallest absolute Gasteiger partial charge is 0.308 e. The normalized spacial score (nSPS) is 25.5. The van der Waals surface area contributed by atoms with E-state index in [2.05, 4.69) is 0 Å². The molecule has 0 atom stereocenters. The van der Waals surface area contributed by atoms with E-state index in [1.54, 1.807) is 11.8 Å². The van der Waals surface area contributed by atoms with Crippen LogP contribution in [0.15, 0.2) is 29.2 Å². The maximum absolute atomic E-state index is 11.7. The number of carbonyl (C=O) groups is 1. The van der Waals surface area contributed by atoms with Crippen LogP contribution in [0.25, 0.3) is 0 Å². The fraction of sp³-hybridized carbons (Fsp3) is 0.562. The summed E-state index contributed by atoms with van der Waals surface area (Å²) in [6.45, 7) is 2.24. The largest absolute Gasteiger partial charge is 0.466 e. The van der Waals surface area contributed by atoms with Crippen LogP contribution in [-0.4, -0.2) is 29.0 Å². The molecule has 0 unspecified atom stereocenters. The molecule has 0 saturated heterocycles. The van der Waals surface area contributed by atoms with Crippen molar-refractivity contribution in [3.63, 3.8) is 0 Å². The van der Waals surface area contributed by atoms with Crippen LogP contribution in [0.3, 0.4) is 0 Å². The lowest BCUT2D eigenvalue weighted by atomic mass is 9.80. The molecule has 1 fully saturated rings. The summed E-state index contributed by atoms with van der Waals surface area (Å²) in [5, 5.41) is 10.6. The first-order valence-corrected chi connectivity index (χ1v) is 8.38. The van der Waals surface area contributed by atoms with Crippen molar-refractivity contribution in [2.24, 2.45) is 5.92 Å². The standard InChI is InChI=1S/C16H23NO3S/c1-2-20-15(18)12-6-8-16(19,9-7-12)11-21-14-5-3-4-13(17)10-14/h3-5,10,12,19H,2,6-9,11,17H2,1H3. The zero-order chi connectivity index (χ0) is 15.3. The average Bonchev–Trinajstić information content (AvgIpc) is 2.46. The average molecular weight is 309 g/mol. The molecule has 0 spiro atoms. The molecular formula is C16H23NO3S. The van der Waals surface area contributed by atoms with Gasteiger partial charge in [0.1, 0.15) is 0 Å². The summed E-state index contributed by atoms with van der Waals surface area (Å²) in [4.78, 5) is 12.8. The highest BCUT2D eigenvalue weighted by molar-refractivity contribution is 7.99. The van der Waals surface area contributed by atoms with Gasteiger partial charge in [-0.3, -0.25) is 4.79 Å². The molecule has 1 aromatic rings. The molecule has 0 radical (unpaired) electrons. The van der Waals surface area contributed by atoms with Crippen molar-refractivity contribution in [2.75, 3.05) is 18.1 Å². The lowest BCUT2D eigenvalue weighted by molar-refractivity contribution is -0.150. The van der Waals surface area contributed by atoms with Crippen LogP contribution < -0.4 is 5.73 Å². The van der Waals surface area contributed by atoms with E-state index in [1.165, 1.54) is 0 Å². The second kappa shape index (κ2) is 7.18. The third-order valence-corrected chi connectivity index (χ3v) is 5.17. The van der Waals surface area contributed by atoms with E-state index in [9.17, 15) is 9.90 Å². The van der Waals surface area contributed by atoms with E-state index in [0.717, 1.165) is 10.6 Å². The number of benzene rings is 1. The summed E-state index contributed by atoms with van der Waals surface area (Å²) in [6.07, 6.45) is 2.69. The molecule has 0 bridgehead atoms. The second-order valence-electron chi connectivity index (χ2n) is 5.61. The first kappa shape index (κ1) is 16.2. The highest BCUT2D eigenvalue weighted by Gasteiger charge is 2.36. The van der Waals surface area contributed by atoms with Gasteiger partial charge in [-0.25, -0.2) is 0 Å². The van der Waals surface area contributed by atoms with Gasteiger partial charge in [0.25, 0.3) is 0 Å². The highest BCUT2D eigenvalue weighted by Crippen LogP contribution is 2.36. The number of thioether (sulfide) groups is 1. The minimum absolute atomic E-state index is 0.0532. The van der Waals surface area contributed by atoms with Gasteiger partial charge >= 0.3 is 5.97 Å². The Kier molecular flexibility index (Phi) is 5.53. The number of aliphatic hydroxyl groups is 1. The molecule has 0 amide bonds. The topological polar surface area (TPSA) is 72.5 Å². The summed E-state index contributed by atoms with van der Waals surface area (Å²) < 4.78 is 5.05. The minimum Gasteiger partial charge on any atom is -0.466 e. The summed E-state index contributed by atoms with van der Waals surface area (Å²) in [5.41, 5.74) is 5.79. The molecule has 1 aromatic carbocycles. The lowest BCUT2D eigenvalue weighted by Gasteiger charge is -2.34. The number of hydrogen-bond donors (Lipinski definition) is 2. The van der Waals surface area contributed by atoms with Gasteiger partial charge in [0.05, 0.1) is 18.1 Å². The minimum atomic E-state index is -0.696. The number of ether oxygens (including phenoxy) is 1. The summed E-state index contributed by atoms with van der Waals surface area (Å²) in [6, 6.07) is 7.68. The van der Waals surface area contributed by atoms with E-state index in [1.807, 2.05) is 31.2 Å². The summed E-state index contributed by atoms with van der Waals surface area (Å²) in [7, 11) is 0. The molecular weight excluding hydrogens is 286 g/mol. The predicted molar refractivity (Wildman–Crippen MR) is 85.1 cm³/mol. The Bertz CT molecular complexity index is 484. The van der Waals surface area contributed by atoms with Crippen LogP contribution in [-0.2, 0) is 9.53 Å². The molecule has 2 rings (SSSR count). The number of nitrogen functional groups attached to an aromatic ring is 1. The number of carbonyl (C=O) groups excluding carboxylic acids is 1. The molecule has 21 heavy (non-hydrogen) atoms. The third-order valence-electron chi connectivity index (χ3n) is 3.90. The van der Waals surface area contributed by atoms with Gasteiger partial charge in [-0.15, -0.1) is 11.8 Å². The van der Waals surface area contributed by atoms with Gasteiger partial charge in [0.2, 0.25) is 0 Å². The quantitative estimate of drug-likeness (QED) is 0.497. The van der Waals surface area contributed by atoms with E-state index in [4.69, 9.17) is 10.5 Å². The molecule has 1 aliphatic carbocycles. The zero-order valence-electron chi connectivity index (χ0n) is 12.4. The van der Waals surface area contributed by atoms with Crippen LogP contribution in [0.2, 0.25) is 0 Å². The van der Waals surface area contributed by atoms with Gasteiger partial charge in [0, 0.05) is 16.3 Å². The van der Waals surface area contributed by atoms with Gasteiger partial charge in [0.15, 0.2) is 0 Å². The van der Waals surface area contributed by atoms with Crippen molar-refractivity contribution in [2.45, 2.75) is 43.1 Å². The first-order valence-electron chi connectivity index (χ1n) is 7.40. The number of esters is 1. The number of nitrogens with two attached hydrogens (primary N) is 1. The van der Waals surface area contributed by atoms with Crippen molar-refractivity contribution in [1.29, 1.82) is 0 Å². The lowest BCUT2D eigenvalue weighted by Crippen LogP contribution is -2.38. The predicted octanol–water partition coefficient (Wildman–Crippen LogP) is 2.85. The van der Waals surface area contributed by atoms with Crippen LogP contribution >= 0.6 is 11.8 Å². The Morgan fingerprint density at radius 1 is 1.48 bits per heavy atom. The molecule has 0 heterocycles. The second-order valence-corrected chi connectivity index (χ2v) is 6.66. The highest BCUT2D eigenvalue weighted by atomic mass is 32.2. The van der Waals surface area contributed by atoms with Crippen LogP contribution in [0.1, 0.15) is 32.6 Å². The van der Waals surface area contributed by atoms with Crippen LogP contribution in [0.5, 0.6) is 0 Å². The molecule has 0 aromatic heterocycles. The first-order chi connectivity index (χ1) is 10.0. The molecule has 116 valence electrons. The van der Waals surface area contributed by atoms with Crippen LogP contribution in [0, 0.1) is 5.92 Å². The molecule has 1 aliphatic rings. The van der Waals surface area contributed by atoms with Crippen molar-refractivity contribution in [3.8, 4) is 0 Å². The fourth-order valence-electron chi connectivity index (χ4n) is 2.62. The Labute approximate surface area is 130 Å². The number of rotatable bonds is 5. The number of anilines is 1. The van der Waals surface area contributed by atoms with Gasteiger partial charge in [-0.1, -0.05) is 6.07 Å². The maximum atomic E-state index is 11.7. The maximum Gasteiger partial charge on any atom is 0.308 e. The van der Waals surface area contributed by atoms with Crippen molar-refractivity contribution >= 4 is 23.4 Å². The van der Waals surface area contributed by atoms with Crippen molar-refractivity contribution < 1.29 is 14.6 Å². The Morgan fingerprint density at radius 2 is 2.19 bits per heavy atom. The molecule has 0 aliphatic heterocycles. The summed E-state index contributed by atoms with van der Waals surface area (Å²) in [5.74, 6) is 0.456. The summed E-state index contributed by atoms with van der Waals surface area (Å²) >= 11 is 1.61. The van der Waals surface area contributed by atoms with Gasteiger partial charge in [-0.05, 0) is 50.8 Å². The molecule has 4 nitrogen and oxygen atoms in total. The van der Waals surface area contributed by atoms with E-state index >= 15 is 0 Å². The Balaban J connectivity index is 1.83. The van der Waals surface area contributed by atoms with Gasteiger partial charge in [-0.2, -0.15) is 0 Å². The molecule has 3 N–H and O–H groups in total. The van der Waals surface area contributed by atoms with E-state index in [0.29, 0.717) is 38.0 Å². The Hall–Kier alpha value is -1.20. The monoisotopic (exact) mass is 309 g/mol. The fourth-order valence-corrected chi connectivity index (χ4v) is 3.74.